The van der Waals surface area contributed by atoms with Gasteiger partial charge in [0.05, 0.1) is 16.3 Å². The van der Waals surface area contributed by atoms with Gasteiger partial charge in [-0.05, 0) is 26.0 Å². The number of rotatable bonds is 7. The van der Waals surface area contributed by atoms with E-state index in [-0.39, 0.29) is 24.5 Å². The van der Waals surface area contributed by atoms with Crippen LogP contribution in [0.2, 0.25) is 0 Å². The number of aryl methyl sites for hydroxylation is 1. The van der Waals surface area contributed by atoms with Gasteiger partial charge in [-0.1, -0.05) is 48.5 Å². The van der Waals surface area contributed by atoms with Crippen LogP contribution >= 0.6 is 0 Å². The third-order valence-corrected chi connectivity index (χ3v) is 5.05. The molecule has 0 aliphatic rings. The molecule has 162 valence electrons. The molecule has 2 aromatic carbocycles. The van der Waals surface area contributed by atoms with Crippen molar-refractivity contribution in [3.63, 3.8) is 0 Å². The van der Waals surface area contributed by atoms with E-state index in [1.54, 1.807) is 11.6 Å². The Balaban J connectivity index is 1.55. The Morgan fingerprint density at radius 3 is 2.31 bits per heavy atom. The standard InChI is InChI=1S/C23H21N5O4/c1-16-23(28(30)31)17(2)26(24-16)14-21(29)32-15-19-13-27(20-11-7-4-8-12-20)25-22(19)18-9-5-3-6-10-18/h3-13H,14-15H2,1-2H3. The highest BCUT2D eigenvalue weighted by Gasteiger charge is 2.23. The number of ether oxygens (including phenoxy) is 1. The average Bonchev–Trinajstić information content (AvgIpc) is 3.34. The zero-order valence-corrected chi connectivity index (χ0v) is 17.6. The largest absolute Gasteiger partial charge is 0.459 e. The molecular weight excluding hydrogens is 410 g/mol. The fraction of sp³-hybridized carbons (Fsp3) is 0.174. The topological polar surface area (TPSA) is 105 Å². The molecule has 2 aromatic heterocycles. The monoisotopic (exact) mass is 431 g/mol. The predicted molar refractivity (Wildman–Crippen MR) is 117 cm³/mol. The van der Waals surface area contributed by atoms with Crippen LogP contribution in [-0.4, -0.2) is 30.5 Å². The molecule has 9 nitrogen and oxygen atoms in total. The van der Waals surface area contributed by atoms with Crippen LogP contribution in [-0.2, 0) is 22.7 Å². The lowest BCUT2D eigenvalue weighted by molar-refractivity contribution is -0.386. The molecule has 32 heavy (non-hydrogen) atoms. The Morgan fingerprint density at radius 2 is 1.69 bits per heavy atom. The zero-order chi connectivity index (χ0) is 22.7. The van der Waals surface area contributed by atoms with Crippen LogP contribution in [0.25, 0.3) is 16.9 Å². The summed E-state index contributed by atoms with van der Waals surface area (Å²) in [6, 6.07) is 19.3. The van der Waals surface area contributed by atoms with Crippen LogP contribution in [0.3, 0.4) is 0 Å². The van der Waals surface area contributed by atoms with Crippen LogP contribution in [0, 0.1) is 24.0 Å². The Labute approximate surface area is 184 Å². The van der Waals surface area contributed by atoms with Crippen LogP contribution in [0.1, 0.15) is 17.0 Å². The van der Waals surface area contributed by atoms with Crippen molar-refractivity contribution in [1.82, 2.24) is 19.6 Å². The normalized spacial score (nSPS) is 10.8. The Morgan fingerprint density at radius 1 is 1.03 bits per heavy atom. The number of carbonyl (C=O) groups excluding carboxylic acids is 1. The van der Waals surface area contributed by atoms with Gasteiger partial charge in [0, 0.05) is 17.3 Å². The summed E-state index contributed by atoms with van der Waals surface area (Å²) in [5, 5.41) is 20.0. The molecule has 0 amide bonds. The van der Waals surface area contributed by atoms with Gasteiger partial charge in [0.15, 0.2) is 0 Å². The van der Waals surface area contributed by atoms with Gasteiger partial charge in [-0.15, -0.1) is 0 Å². The molecule has 0 saturated heterocycles. The predicted octanol–water partition coefficient (Wildman–Crippen LogP) is 4.00. The van der Waals surface area contributed by atoms with Crippen LogP contribution < -0.4 is 0 Å². The third-order valence-electron chi connectivity index (χ3n) is 5.05. The van der Waals surface area contributed by atoms with E-state index in [0.29, 0.717) is 11.4 Å². The number of nitrogens with zero attached hydrogens (tertiary/aromatic N) is 5. The summed E-state index contributed by atoms with van der Waals surface area (Å²) in [7, 11) is 0. The van der Waals surface area contributed by atoms with E-state index >= 15 is 0 Å². The van der Waals surface area contributed by atoms with Crippen LogP contribution in [0.5, 0.6) is 0 Å². The molecule has 0 saturated carbocycles. The molecule has 0 atom stereocenters. The highest BCUT2D eigenvalue weighted by atomic mass is 16.6. The van der Waals surface area contributed by atoms with E-state index in [1.165, 1.54) is 11.6 Å². The maximum Gasteiger partial charge on any atom is 0.328 e. The fourth-order valence-corrected chi connectivity index (χ4v) is 3.50. The van der Waals surface area contributed by atoms with Crippen molar-refractivity contribution in [2.24, 2.45) is 0 Å². The van der Waals surface area contributed by atoms with Crippen LogP contribution in [0.15, 0.2) is 66.9 Å². The average molecular weight is 431 g/mol. The molecular formula is C23H21N5O4. The first-order valence-corrected chi connectivity index (χ1v) is 9.97. The van der Waals surface area contributed by atoms with E-state index in [9.17, 15) is 14.9 Å². The first-order chi connectivity index (χ1) is 15.4. The first kappa shape index (κ1) is 21.0. The van der Waals surface area contributed by atoms with Crippen molar-refractivity contribution < 1.29 is 14.5 Å². The molecule has 2 heterocycles. The molecule has 4 rings (SSSR count). The van der Waals surface area contributed by atoms with Gasteiger partial charge in [0.1, 0.15) is 24.5 Å². The van der Waals surface area contributed by atoms with Gasteiger partial charge < -0.3 is 4.74 Å². The molecule has 0 unspecified atom stereocenters. The number of carbonyl (C=O) groups is 1. The molecule has 0 bridgehead atoms. The van der Waals surface area contributed by atoms with Gasteiger partial charge in [0.2, 0.25) is 0 Å². The lowest BCUT2D eigenvalue weighted by Gasteiger charge is -2.06. The molecule has 4 aromatic rings. The summed E-state index contributed by atoms with van der Waals surface area (Å²) in [4.78, 5) is 23.1. The van der Waals surface area contributed by atoms with Crippen molar-refractivity contribution in [2.75, 3.05) is 0 Å². The quantitative estimate of drug-likeness (QED) is 0.249. The van der Waals surface area contributed by atoms with Crippen molar-refractivity contribution in [3.05, 3.63) is 93.9 Å². The van der Waals surface area contributed by atoms with Crippen molar-refractivity contribution >= 4 is 11.7 Å². The van der Waals surface area contributed by atoms with Gasteiger partial charge in [0.25, 0.3) is 0 Å². The van der Waals surface area contributed by atoms with Crippen LogP contribution in [0.4, 0.5) is 5.69 Å². The lowest BCUT2D eigenvalue weighted by atomic mass is 10.1. The molecule has 0 aliphatic heterocycles. The zero-order valence-electron chi connectivity index (χ0n) is 17.6. The Bertz CT molecular complexity index is 1260. The number of para-hydroxylation sites is 1. The second-order valence-corrected chi connectivity index (χ2v) is 7.24. The van der Waals surface area contributed by atoms with E-state index in [0.717, 1.165) is 16.8 Å². The maximum absolute atomic E-state index is 12.5. The first-order valence-electron chi connectivity index (χ1n) is 9.97. The summed E-state index contributed by atoms with van der Waals surface area (Å²) >= 11 is 0. The van der Waals surface area contributed by atoms with Gasteiger partial charge in [-0.3, -0.25) is 19.6 Å². The van der Waals surface area contributed by atoms with Gasteiger partial charge in [-0.2, -0.15) is 10.2 Å². The maximum atomic E-state index is 12.5. The minimum atomic E-state index is -0.544. The summed E-state index contributed by atoms with van der Waals surface area (Å²) in [5.74, 6) is -0.544. The Hall–Kier alpha value is -4.27. The molecule has 0 radical (unpaired) electrons. The smallest absolute Gasteiger partial charge is 0.328 e. The molecule has 0 aliphatic carbocycles. The SMILES string of the molecule is Cc1nn(CC(=O)OCc2cn(-c3ccccc3)nc2-c2ccccc2)c(C)c1[N+](=O)[O-]. The van der Waals surface area contributed by atoms with Crippen molar-refractivity contribution in [2.45, 2.75) is 27.0 Å². The second-order valence-electron chi connectivity index (χ2n) is 7.24. The molecule has 9 heteroatoms. The summed E-state index contributed by atoms with van der Waals surface area (Å²) in [5.41, 5.74) is 3.73. The van der Waals surface area contributed by atoms with Gasteiger partial charge in [-0.25, -0.2) is 4.68 Å². The molecule has 0 fully saturated rings. The lowest BCUT2D eigenvalue weighted by Crippen LogP contribution is -2.15. The van der Waals surface area contributed by atoms with E-state index in [4.69, 9.17) is 9.84 Å². The molecule has 0 N–H and O–H groups in total. The summed E-state index contributed by atoms with van der Waals surface area (Å²) in [6.45, 7) is 2.89. The Kier molecular flexibility index (Phi) is 5.80. The van der Waals surface area contributed by atoms with E-state index in [2.05, 4.69) is 5.10 Å². The number of hydrogen-bond donors (Lipinski definition) is 0. The molecule has 0 spiro atoms. The third kappa shape index (κ3) is 4.27. The number of esters is 1. The summed E-state index contributed by atoms with van der Waals surface area (Å²) in [6.07, 6.45) is 1.83. The second kappa shape index (κ2) is 8.84. The van der Waals surface area contributed by atoms with Gasteiger partial charge >= 0.3 is 11.7 Å². The number of hydrogen-bond acceptors (Lipinski definition) is 6. The minimum absolute atomic E-state index is 0.0112. The number of nitro groups is 1. The summed E-state index contributed by atoms with van der Waals surface area (Å²) < 4.78 is 8.52. The van der Waals surface area contributed by atoms with E-state index in [1.807, 2.05) is 66.9 Å². The number of aromatic nitrogens is 4. The minimum Gasteiger partial charge on any atom is -0.459 e. The fourth-order valence-electron chi connectivity index (χ4n) is 3.50. The highest BCUT2D eigenvalue weighted by molar-refractivity contribution is 5.70. The number of benzene rings is 2. The highest BCUT2D eigenvalue weighted by Crippen LogP contribution is 2.25. The van der Waals surface area contributed by atoms with E-state index < -0.39 is 10.9 Å². The van der Waals surface area contributed by atoms with Crippen molar-refractivity contribution in [1.29, 1.82) is 0 Å². The van der Waals surface area contributed by atoms with Crippen molar-refractivity contribution in [3.8, 4) is 16.9 Å².